The predicted octanol–water partition coefficient (Wildman–Crippen LogP) is 3.84. The summed E-state index contributed by atoms with van der Waals surface area (Å²) in [6, 6.07) is 7.81. The van der Waals surface area contributed by atoms with Crippen molar-refractivity contribution in [1.82, 2.24) is 14.8 Å². The normalized spacial score (nSPS) is 14.7. The maximum Gasteiger partial charge on any atom is 0.415 e. The Morgan fingerprint density at radius 3 is 2.88 bits per heavy atom. The Labute approximate surface area is 148 Å². The fourth-order valence-electron chi connectivity index (χ4n) is 3.24. The van der Waals surface area contributed by atoms with Gasteiger partial charge in [-0.05, 0) is 44.0 Å². The van der Waals surface area contributed by atoms with Gasteiger partial charge in [-0.2, -0.15) is 0 Å². The maximum atomic E-state index is 12.4. The van der Waals surface area contributed by atoms with Gasteiger partial charge in [0.15, 0.2) is 5.75 Å². The van der Waals surface area contributed by atoms with Crippen molar-refractivity contribution in [2.24, 2.45) is 0 Å². The lowest BCUT2D eigenvalue weighted by molar-refractivity contribution is 0.143. The SMILES string of the molecule is C=CCN(C)Cc1ccc(OC(=O)N2CCCCC2)c2ncccc12. The second kappa shape index (κ2) is 8.12. The summed E-state index contributed by atoms with van der Waals surface area (Å²) in [5.74, 6) is 0.529. The fraction of sp³-hybridized carbons (Fsp3) is 0.400. The van der Waals surface area contributed by atoms with Crippen molar-refractivity contribution in [1.29, 1.82) is 0 Å². The van der Waals surface area contributed by atoms with Gasteiger partial charge in [0.25, 0.3) is 0 Å². The average molecular weight is 339 g/mol. The Morgan fingerprint density at radius 1 is 1.32 bits per heavy atom. The predicted molar refractivity (Wildman–Crippen MR) is 99.7 cm³/mol. The van der Waals surface area contributed by atoms with E-state index in [9.17, 15) is 4.79 Å². The van der Waals surface area contributed by atoms with Gasteiger partial charge < -0.3 is 9.64 Å². The molecule has 1 aromatic carbocycles. The van der Waals surface area contributed by atoms with Crippen LogP contribution in [0.25, 0.3) is 10.9 Å². The van der Waals surface area contributed by atoms with E-state index in [0.717, 1.165) is 55.5 Å². The van der Waals surface area contributed by atoms with Crippen LogP contribution in [0.2, 0.25) is 0 Å². The molecule has 3 rings (SSSR count). The molecule has 1 saturated heterocycles. The Morgan fingerprint density at radius 2 is 2.12 bits per heavy atom. The fourth-order valence-corrected chi connectivity index (χ4v) is 3.24. The topological polar surface area (TPSA) is 45.7 Å². The lowest BCUT2D eigenvalue weighted by atomic mass is 10.1. The van der Waals surface area contributed by atoms with Gasteiger partial charge in [0.05, 0.1) is 0 Å². The van der Waals surface area contributed by atoms with Gasteiger partial charge in [-0.1, -0.05) is 18.2 Å². The summed E-state index contributed by atoms with van der Waals surface area (Å²) in [7, 11) is 2.05. The number of hydrogen-bond donors (Lipinski definition) is 0. The minimum atomic E-state index is -0.275. The van der Waals surface area contributed by atoms with Crippen molar-refractivity contribution in [3.63, 3.8) is 0 Å². The Kier molecular flexibility index (Phi) is 5.66. The number of likely N-dealkylation sites (N-methyl/N-ethyl adjacent to an activating group) is 1. The van der Waals surface area contributed by atoms with Crippen molar-refractivity contribution in [2.75, 3.05) is 26.7 Å². The second-order valence-corrected chi connectivity index (χ2v) is 6.52. The van der Waals surface area contributed by atoms with Gasteiger partial charge >= 0.3 is 6.09 Å². The molecule has 5 nitrogen and oxygen atoms in total. The summed E-state index contributed by atoms with van der Waals surface area (Å²) in [4.78, 5) is 20.8. The molecule has 0 bridgehead atoms. The smallest absolute Gasteiger partial charge is 0.408 e. The van der Waals surface area contributed by atoms with E-state index in [0.29, 0.717) is 5.75 Å². The van der Waals surface area contributed by atoms with Crippen LogP contribution < -0.4 is 4.74 Å². The third-order valence-corrected chi connectivity index (χ3v) is 4.52. The Balaban J connectivity index is 1.84. The van der Waals surface area contributed by atoms with E-state index in [4.69, 9.17) is 4.74 Å². The molecule has 0 aliphatic carbocycles. The quantitative estimate of drug-likeness (QED) is 0.777. The minimum absolute atomic E-state index is 0.275. The summed E-state index contributed by atoms with van der Waals surface area (Å²) >= 11 is 0. The Bertz CT molecular complexity index is 754. The molecular formula is C20H25N3O2. The van der Waals surface area contributed by atoms with E-state index in [2.05, 4.69) is 16.5 Å². The number of ether oxygens (including phenoxy) is 1. The number of hydrogen-bond acceptors (Lipinski definition) is 4. The third kappa shape index (κ3) is 4.17. The van der Waals surface area contributed by atoms with Crippen molar-refractivity contribution < 1.29 is 9.53 Å². The van der Waals surface area contributed by atoms with Crippen LogP contribution in [-0.2, 0) is 6.54 Å². The van der Waals surface area contributed by atoms with Crippen LogP contribution in [0.15, 0.2) is 43.1 Å². The summed E-state index contributed by atoms with van der Waals surface area (Å²) < 4.78 is 5.67. The van der Waals surface area contributed by atoms with Crippen molar-refractivity contribution >= 4 is 17.0 Å². The monoisotopic (exact) mass is 339 g/mol. The number of nitrogens with zero attached hydrogens (tertiary/aromatic N) is 3. The van der Waals surface area contributed by atoms with Crippen LogP contribution in [0.1, 0.15) is 24.8 Å². The number of carbonyl (C=O) groups is 1. The molecule has 1 fully saturated rings. The number of aromatic nitrogens is 1. The third-order valence-electron chi connectivity index (χ3n) is 4.52. The summed E-state index contributed by atoms with van der Waals surface area (Å²) in [6.07, 6.45) is 6.61. The van der Waals surface area contributed by atoms with Gasteiger partial charge in [0.1, 0.15) is 5.52 Å². The van der Waals surface area contributed by atoms with Gasteiger partial charge in [-0.3, -0.25) is 9.88 Å². The standard InChI is InChI=1S/C20H25N3O2/c1-3-12-22(2)15-16-9-10-18(19-17(16)8-7-11-21-19)25-20(24)23-13-5-4-6-14-23/h3,7-11H,1,4-6,12-15H2,2H3. The highest BCUT2D eigenvalue weighted by atomic mass is 16.6. The van der Waals surface area contributed by atoms with Gasteiger partial charge in [-0.15, -0.1) is 6.58 Å². The van der Waals surface area contributed by atoms with E-state index in [1.807, 2.05) is 37.4 Å². The first-order valence-electron chi connectivity index (χ1n) is 8.82. The molecule has 0 unspecified atom stereocenters. The number of benzene rings is 1. The van der Waals surface area contributed by atoms with Crippen molar-refractivity contribution in [3.05, 3.63) is 48.7 Å². The van der Waals surface area contributed by atoms with Crippen molar-refractivity contribution in [3.8, 4) is 5.75 Å². The molecule has 0 spiro atoms. The molecule has 5 heteroatoms. The van der Waals surface area contributed by atoms with E-state index in [1.165, 1.54) is 6.42 Å². The highest BCUT2D eigenvalue weighted by Gasteiger charge is 2.20. The first kappa shape index (κ1) is 17.4. The van der Waals surface area contributed by atoms with Gasteiger partial charge in [0, 0.05) is 37.8 Å². The van der Waals surface area contributed by atoms with Crippen LogP contribution in [0.4, 0.5) is 4.79 Å². The van der Waals surface area contributed by atoms with Crippen LogP contribution in [-0.4, -0.2) is 47.6 Å². The molecule has 1 aliphatic rings. The molecule has 1 aromatic heterocycles. The zero-order valence-corrected chi connectivity index (χ0v) is 14.8. The molecule has 1 amide bonds. The summed E-state index contributed by atoms with van der Waals surface area (Å²) in [5.41, 5.74) is 1.89. The van der Waals surface area contributed by atoms with E-state index >= 15 is 0 Å². The highest BCUT2D eigenvalue weighted by Crippen LogP contribution is 2.28. The number of pyridine rings is 1. The van der Waals surface area contributed by atoms with Crippen LogP contribution in [0, 0.1) is 0 Å². The van der Waals surface area contributed by atoms with E-state index < -0.39 is 0 Å². The summed E-state index contributed by atoms with van der Waals surface area (Å²) in [5, 5.41) is 1.02. The average Bonchev–Trinajstić information content (AvgIpc) is 2.64. The molecule has 0 N–H and O–H groups in total. The molecular weight excluding hydrogens is 314 g/mol. The first-order chi connectivity index (χ1) is 12.2. The van der Waals surface area contributed by atoms with E-state index in [-0.39, 0.29) is 6.09 Å². The minimum Gasteiger partial charge on any atom is -0.408 e. The second-order valence-electron chi connectivity index (χ2n) is 6.52. The number of fused-ring (bicyclic) bond motifs is 1. The molecule has 2 aromatic rings. The number of amides is 1. The molecule has 1 aliphatic heterocycles. The molecule has 132 valence electrons. The largest absolute Gasteiger partial charge is 0.415 e. The van der Waals surface area contributed by atoms with Crippen LogP contribution in [0.3, 0.4) is 0 Å². The zero-order chi connectivity index (χ0) is 17.6. The molecule has 2 heterocycles. The number of carbonyl (C=O) groups excluding carboxylic acids is 1. The number of rotatable bonds is 5. The Hall–Kier alpha value is -2.40. The van der Waals surface area contributed by atoms with Gasteiger partial charge in [0.2, 0.25) is 0 Å². The lowest BCUT2D eigenvalue weighted by Gasteiger charge is -2.26. The van der Waals surface area contributed by atoms with Crippen LogP contribution >= 0.6 is 0 Å². The molecule has 0 atom stereocenters. The zero-order valence-electron chi connectivity index (χ0n) is 14.8. The molecule has 25 heavy (non-hydrogen) atoms. The lowest BCUT2D eigenvalue weighted by Crippen LogP contribution is -2.37. The number of likely N-dealkylation sites (tertiary alicyclic amines) is 1. The summed E-state index contributed by atoms with van der Waals surface area (Å²) in [6.45, 7) is 6.92. The van der Waals surface area contributed by atoms with E-state index in [1.54, 1.807) is 11.1 Å². The molecule has 0 radical (unpaired) electrons. The maximum absolute atomic E-state index is 12.4. The molecule has 0 saturated carbocycles. The van der Waals surface area contributed by atoms with Crippen molar-refractivity contribution in [2.45, 2.75) is 25.8 Å². The highest BCUT2D eigenvalue weighted by molar-refractivity contribution is 5.89. The van der Waals surface area contributed by atoms with Crippen LogP contribution in [0.5, 0.6) is 5.75 Å². The first-order valence-corrected chi connectivity index (χ1v) is 8.82. The number of piperidine rings is 1. The van der Waals surface area contributed by atoms with Gasteiger partial charge in [-0.25, -0.2) is 4.79 Å².